The van der Waals surface area contributed by atoms with Gasteiger partial charge >= 0.3 is 0 Å². The van der Waals surface area contributed by atoms with Gasteiger partial charge in [-0.2, -0.15) is 0 Å². The van der Waals surface area contributed by atoms with Crippen LogP contribution in [0.3, 0.4) is 0 Å². The number of nitrogens with zero attached hydrogens (tertiary/aromatic N) is 1. The van der Waals surface area contributed by atoms with Gasteiger partial charge in [0.25, 0.3) is 0 Å². The Morgan fingerprint density at radius 1 is 1.30 bits per heavy atom. The third-order valence-corrected chi connectivity index (χ3v) is 4.71. The van der Waals surface area contributed by atoms with E-state index in [1.807, 2.05) is 0 Å². The summed E-state index contributed by atoms with van der Waals surface area (Å²) in [4.78, 5) is 0. The van der Waals surface area contributed by atoms with E-state index in [1.54, 1.807) is 32.2 Å². The predicted octanol–water partition coefficient (Wildman–Crippen LogP) is 2.98. The molecule has 0 aliphatic heterocycles. The summed E-state index contributed by atoms with van der Waals surface area (Å²) >= 11 is 0. The van der Waals surface area contributed by atoms with Crippen molar-refractivity contribution in [2.75, 3.05) is 27.5 Å². The van der Waals surface area contributed by atoms with Crippen molar-refractivity contribution < 1.29 is 23.8 Å². The van der Waals surface area contributed by atoms with Crippen LogP contribution in [0, 0.1) is 0 Å². The Morgan fingerprint density at radius 2 is 1.95 bits per heavy atom. The van der Waals surface area contributed by atoms with Crippen molar-refractivity contribution in [3.63, 3.8) is 0 Å². The molecule has 0 bridgehead atoms. The average molecular weight is 301 g/mol. The molecule has 1 rings (SSSR count). The van der Waals surface area contributed by atoms with Gasteiger partial charge in [-0.25, -0.2) is 0 Å². The Kier molecular flexibility index (Phi) is 6.05. The van der Waals surface area contributed by atoms with Crippen LogP contribution in [0.15, 0.2) is 23.4 Å². The molecule has 0 aliphatic rings. The summed E-state index contributed by atoms with van der Waals surface area (Å²) in [6, 6.07) is 5.28. The molecular weight excluding hydrogens is 281 g/mol. The molecule has 6 nitrogen and oxygen atoms in total. The Labute approximate surface area is 118 Å². The summed E-state index contributed by atoms with van der Waals surface area (Å²) in [5.74, 6) is 1.16. The molecular formula is C13H20NO5P. The fourth-order valence-corrected chi connectivity index (χ4v) is 3.03. The molecule has 1 aromatic carbocycles. The Hall–Kier alpha value is -1.52. The molecule has 0 saturated heterocycles. The average Bonchev–Trinajstić information content (AvgIpc) is 2.44. The fourth-order valence-electron chi connectivity index (χ4n) is 1.75. The normalized spacial score (nSPS) is 14.7. The van der Waals surface area contributed by atoms with Crippen LogP contribution < -0.4 is 9.47 Å². The lowest BCUT2D eigenvalue weighted by Crippen LogP contribution is -2.07. The van der Waals surface area contributed by atoms with Gasteiger partial charge in [0.1, 0.15) is 5.45 Å². The van der Waals surface area contributed by atoms with Crippen molar-refractivity contribution in [2.45, 2.75) is 13.3 Å². The zero-order valence-corrected chi connectivity index (χ0v) is 13.0. The van der Waals surface area contributed by atoms with E-state index in [-0.39, 0.29) is 11.9 Å². The first-order chi connectivity index (χ1) is 9.48. The van der Waals surface area contributed by atoms with Crippen LogP contribution in [0.5, 0.6) is 11.5 Å². The van der Waals surface area contributed by atoms with Crippen LogP contribution >= 0.6 is 7.37 Å². The Bertz CT molecular complexity index is 529. The first kappa shape index (κ1) is 16.5. The van der Waals surface area contributed by atoms with E-state index in [4.69, 9.17) is 19.2 Å². The molecule has 1 atom stereocenters. The summed E-state index contributed by atoms with van der Waals surface area (Å²) in [7, 11) is 0.00182. The number of oxime groups is 1. The second-order valence-corrected chi connectivity index (χ2v) is 6.61. The number of hydrogen-bond acceptors (Lipinski definition) is 6. The third kappa shape index (κ3) is 3.99. The standard InChI is InChI=1S/C13H20NO5P/c1-5-19-20(4,16)13(14-15)9-10-6-7-11(17-2)12(8-10)18-3/h6-8,15H,5,9H2,1-4H3/b14-13-/t20-/m1/s1. The molecule has 0 fully saturated rings. The van der Waals surface area contributed by atoms with Crippen molar-refractivity contribution in [3.8, 4) is 11.5 Å². The highest BCUT2D eigenvalue weighted by Gasteiger charge is 2.25. The summed E-state index contributed by atoms with van der Waals surface area (Å²) in [6.45, 7) is 3.46. The molecule has 112 valence electrons. The molecule has 0 heterocycles. The maximum atomic E-state index is 12.3. The minimum Gasteiger partial charge on any atom is -0.493 e. The lowest BCUT2D eigenvalue weighted by atomic mass is 10.1. The highest BCUT2D eigenvalue weighted by molar-refractivity contribution is 7.75. The number of rotatable bonds is 7. The zero-order valence-electron chi connectivity index (χ0n) is 12.1. The molecule has 0 radical (unpaired) electrons. The van der Waals surface area contributed by atoms with Crippen LogP contribution in [0.4, 0.5) is 0 Å². The number of benzene rings is 1. The molecule has 1 N–H and O–H groups in total. The van der Waals surface area contributed by atoms with Gasteiger partial charge in [-0.05, 0) is 24.6 Å². The maximum absolute atomic E-state index is 12.3. The van der Waals surface area contributed by atoms with Crippen molar-refractivity contribution in [2.24, 2.45) is 5.16 Å². The molecule has 0 saturated carbocycles. The minimum atomic E-state index is -3.08. The van der Waals surface area contributed by atoms with Crippen LogP contribution in [0.25, 0.3) is 0 Å². The van der Waals surface area contributed by atoms with Crippen molar-refractivity contribution in [3.05, 3.63) is 23.8 Å². The topological polar surface area (TPSA) is 77.4 Å². The zero-order chi connectivity index (χ0) is 15.2. The molecule has 0 aromatic heterocycles. The first-order valence-corrected chi connectivity index (χ1v) is 8.20. The smallest absolute Gasteiger partial charge is 0.246 e. The number of hydrogen-bond donors (Lipinski definition) is 1. The highest BCUT2D eigenvalue weighted by Crippen LogP contribution is 2.45. The van der Waals surface area contributed by atoms with Crippen molar-refractivity contribution in [1.82, 2.24) is 0 Å². The van der Waals surface area contributed by atoms with E-state index in [0.29, 0.717) is 18.1 Å². The van der Waals surface area contributed by atoms with E-state index >= 15 is 0 Å². The van der Waals surface area contributed by atoms with Crippen LogP contribution in [0.2, 0.25) is 0 Å². The van der Waals surface area contributed by atoms with Crippen LogP contribution in [0.1, 0.15) is 12.5 Å². The molecule has 0 unspecified atom stereocenters. The van der Waals surface area contributed by atoms with Gasteiger partial charge in [0, 0.05) is 13.1 Å². The Morgan fingerprint density at radius 3 is 2.45 bits per heavy atom. The van der Waals surface area contributed by atoms with Gasteiger partial charge < -0.3 is 19.2 Å². The van der Waals surface area contributed by atoms with Crippen molar-refractivity contribution in [1.29, 1.82) is 0 Å². The quantitative estimate of drug-likeness (QED) is 0.362. The number of ether oxygens (including phenoxy) is 2. The molecule has 0 amide bonds. The predicted molar refractivity (Wildman–Crippen MR) is 77.6 cm³/mol. The van der Waals surface area contributed by atoms with Gasteiger partial charge in [-0.3, -0.25) is 4.57 Å². The third-order valence-electron chi connectivity index (χ3n) is 2.77. The van der Waals surface area contributed by atoms with Gasteiger partial charge in [0.2, 0.25) is 7.37 Å². The lowest BCUT2D eigenvalue weighted by Gasteiger charge is -2.15. The second kappa shape index (κ2) is 7.31. The lowest BCUT2D eigenvalue weighted by molar-refractivity contribution is 0.314. The van der Waals surface area contributed by atoms with E-state index < -0.39 is 7.37 Å². The van der Waals surface area contributed by atoms with E-state index in [0.717, 1.165) is 5.56 Å². The first-order valence-electron chi connectivity index (χ1n) is 6.13. The van der Waals surface area contributed by atoms with E-state index in [2.05, 4.69) is 5.16 Å². The number of methoxy groups -OCH3 is 2. The van der Waals surface area contributed by atoms with Gasteiger partial charge in [-0.1, -0.05) is 11.2 Å². The van der Waals surface area contributed by atoms with Crippen LogP contribution in [-0.2, 0) is 15.5 Å². The Balaban J connectivity index is 3.00. The monoisotopic (exact) mass is 301 g/mol. The largest absolute Gasteiger partial charge is 0.493 e. The molecule has 20 heavy (non-hydrogen) atoms. The SMILES string of the molecule is CCO[P@@](C)(=O)/C(Cc1ccc(OC)c(OC)c1)=N\O. The summed E-state index contributed by atoms with van der Waals surface area (Å²) in [5, 5.41) is 12.2. The van der Waals surface area contributed by atoms with Gasteiger partial charge in [-0.15, -0.1) is 0 Å². The molecule has 0 aliphatic carbocycles. The highest BCUT2D eigenvalue weighted by atomic mass is 31.2. The van der Waals surface area contributed by atoms with E-state index in [9.17, 15) is 4.57 Å². The second-order valence-electron chi connectivity index (χ2n) is 4.15. The fraction of sp³-hybridized carbons (Fsp3) is 0.462. The van der Waals surface area contributed by atoms with Crippen molar-refractivity contribution >= 4 is 12.8 Å². The van der Waals surface area contributed by atoms with E-state index in [1.165, 1.54) is 13.8 Å². The van der Waals surface area contributed by atoms with Gasteiger partial charge in [0.05, 0.1) is 20.8 Å². The van der Waals surface area contributed by atoms with Gasteiger partial charge in [0.15, 0.2) is 11.5 Å². The minimum absolute atomic E-state index is 0.117. The summed E-state index contributed by atoms with van der Waals surface area (Å²) in [5.41, 5.74) is 0.906. The molecule has 7 heteroatoms. The van der Waals surface area contributed by atoms with Crippen LogP contribution in [-0.4, -0.2) is 38.2 Å². The maximum Gasteiger partial charge on any atom is 0.246 e. The summed E-state index contributed by atoms with van der Waals surface area (Å²) in [6.07, 6.45) is 0.213. The summed E-state index contributed by atoms with van der Waals surface area (Å²) < 4.78 is 27.8. The molecule has 1 aromatic rings. The molecule has 0 spiro atoms.